The molecule has 0 radical (unpaired) electrons. The number of aromatic amines is 1. The Labute approximate surface area is 122 Å². The number of aromatic nitrogens is 4. The van der Waals surface area contributed by atoms with Crippen LogP contribution in [0.4, 0.5) is 0 Å². The lowest BCUT2D eigenvalue weighted by Crippen LogP contribution is -2.00. The van der Waals surface area contributed by atoms with Crippen LogP contribution < -0.4 is 0 Å². The van der Waals surface area contributed by atoms with E-state index < -0.39 is 0 Å². The van der Waals surface area contributed by atoms with Crippen LogP contribution in [0, 0.1) is 20.8 Å². The second kappa shape index (κ2) is 6.73. The van der Waals surface area contributed by atoms with E-state index in [0.717, 1.165) is 17.1 Å². The van der Waals surface area contributed by atoms with Crippen LogP contribution in [0.15, 0.2) is 6.07 Å². The Kier molecular flexibility index (Phi) is 5.54. The molecule has 0 aromatic carbocycles. The van der Waals surface area contributed by atoms with Gasteiger partial charge in [0, 0.05) is 18.4 Å². The van der Waals surface area contributed by atoms with Gasteiger partial charge in [0.2, 0.25) is 0 Å². The fourth-order valence-electron chi connectivity index (χ4n) is 2.32. The highest BCUT2D eigenvalue weighted by molar-refractivity contribution is 5.25. The smallest absolute Gasteiger partial charge is 0.0650 e. The molecule has 0 atom stereocenters. The van der Waals surface area contributed by atoms with Gasteiger partial charge in [-0.1, -0.05) is 27.7 Å². The molecule has 0 aliphatic heterocycles. The fourth-order valence-corrected chi connectivity index (χ4v) is 2.32. The van der Waals surface area contributed by atoms with E-state index in [-0.39, 0.29) is 0 Å². The minimum atomic E-state index is 0.537. The van der Waals surface area contributed by atoms with Gasteiger partial charge < -0.3 is 0 Å². The summed E-state index contributed by atoms with van der Waals surface area (Å²) in [5.74, 6) is 1.11. The summed E-state index contributed by atoms with van der Waals surface area (Å²) < 4.78 is 1.98. The monoisotopic (exact) mass is 276 g/mol. The summed E-state index contributed by atoms with van der Waals surface area (Å²) in [6, 6.07) is 2.07. The molecular weight excluding hydrogens is 248 g/mol. The lowest BCUT2D eigenvalue weighted by molar-refractivity contribution is 0.663. The molecule has 20 heavy (non-hydrogen) atoms. The first kappa shape index (κ1) is 16.5. The molecule has 0 saturated carbocycles. The van der Waals surface area contributed by atoms with E-state index in [4.69, 9.17) is 0 Å². The average Bonchev–Trinajstić information content (AvgIpc) is 2.85. The number of nitrogens with zero attached hydrogens (tertiary/aromatic N) is 3. The van der Waals surface area contributed by atoms with Crippen molar-refractivity contribution in [3.05, 3.63) is 34.4 Å². The number of nitrogens with one attached hydrogen (secondary N) is 1. The Morgan fingerprint density at radius 1 is 1.05 bits per heavy atom. The number of H-pyrrole nitrogens is 1. The Balaban J connectivity index is 0.000000204. The largest absolute Gasteiger partial charge is 0.283 e. The van der Waals surface area contributed by atoms with Gasteiger partial charge in [0.1, 0.15) is 0 Å². The first-order valence-electron chi connectivity index (χ1n) is 7.26. The van der Waals surface area contributed by atoms with E-state index >= 15 is 0 Å². The van der Waals surface area contributed by atoms with Gasteiger partial charge in [0.05, 0.1) is 11.4 Å². The van der Waals surface area contributed by atoms with Crippen molar-refractivity contribution in [1.82, 2.24) is 20.0 Å². The average molecular weight is 276 g/mol. The molecule has 2 heterocycles. The molecule has 2 rings (SSSR count). The summed E-state index contributed by atoms with van der Waals surface area (Å²) in [4.78, 5) is 0. The third kappa shape index (κ3) is 3.95. The zero-order valence-electron chi connectivity index (χ0n) is 14.1. The van der Waals surface area contributed by atoms with Crippen molar-refractivity contribution in [3.63, 3.8) is 0 Å². The lowest BCUT2D eigenvalue weighted by atomic mass is 10.1. The van der Waals surface area contributed by atoms with Crippen LogP contribution >= 0.6 is 0 Å². The molecule has 0 aliphatic rings. The molecule has 0 aliphatic carbocycles. The van der Waals surface area contributed by atoms with E-state index in [9.17, 15) is 0 Å². The predicted octanol–water partition coefficient (Wildman–Crippen LogP) is 4.00. The number of hydrogen-bond donors (Lipinski definition) is 1. The molecule has 112 valence electrons. The van der Waals surface area contributed by atoms with Crippen LogP contribution in [0.1, 0.15) is 67.9 Å². The minimum Gasteiger partial charge on any atom is -0.283 e. The van der Waals surface area contributed by atoms with Crippen LogP contribution in [0.2, 0.25) is 0 Å². The quantitative estimate of drug-likeness (QED) is 0.901. The maximum Gasteiger partial charge on any atom is 0.0650 e. The molecular formula is C16H28N4. The molecule has 2 aromatic rings. The van der Waals surface area contributed by atoms with Crippen molar-refractivity contribution in [2.24, 2.45) is 7.05 Å². The summed E-state index contributed by atoms with van der Waals surface area (Å²) in [5.41, 5.74) is 6.12. The predicted molar refractivity (Wildman–Crippen MR) is 84.2 cm³/mol. The minimum absolute atomic E-state index is 0.537. The number of rotatable bonds is 2. The zero-order valence-corrected chi connectivity index (χ0v) is 14.1. The van der Waals surface area contributed by atoms with Gasteiger partial charge in [-0.25, -0.2) is 0 Å². The summed E-state index contributed by atoms with van der Waals surface area (Å²) in [6.07, 6.45) is 0. The molecule has 0 saturated heterocycles. The summed E-state index contributed by atoms with van der Waals surface area (Å²) in [6.45, 7) is 14.9. The van der Waals surface area contributed by atoms with Crippen molar-refractivity contribution < 1.29 is 0 Å². The van der Waals surface area contributed by atoms with Crippen LogP contribution in [0.5, 0.6) is 0 Å². The number of hydrogen-bond acceptors (Lipinski definition) is 2. The van der Waals surface area contributed by atoms with Crippen LogP contribution in [-0.4, -0.2) is 20.0 Å². The van der Waals surface area contributed by atoms with E-state index in [0.29, 0.717) is 11.8 Å². The Hall–Kier alpha value is -1.58. The Bertz CT molecular complexity index is 547. The molecule has 1 N–H and O–H groups in total. The lowest BCUT2D eigenvalue weighted by Gasteiger charge is -2.06. The molecule has 0 fully saturated rings. The second-order valence-electron chi connectivity index (χ2n) is 6.00. The zero-order chi connectivity index (χ0) is 15.4. The van der Waals surface area contributed by atoms with Gasteiger partial charge in [-0.3, -0.25) is 9.78 Å². The normalized spacial score (nSPS) is 10.9. The van der Waals surface area contributed by atoms with Gasteiger partial charge >= 0.3 is 0 Å². The van der Waals surface area contributed by atoms with E-state index in [1.54, 1.807) is 0 Å². The van der Waals surface area contributed by atoms with Gasteiger partial charge in [0.25, 0.3) is 0 Å². The van der Waals surface area contributed by atoms with E-state index in [1.165, 1.54) is 11.3 Å². The first-order valence-corrected chi connectivity index (χ1v) is 7.26. The van der Waals surface area contributed by atoms with Crippen LogP contribution in [-0.2, 0) is 7.05 Å². The van der Waals surface area contributed by atoms with Gasteiger partial charge in [-0.15, -0.1) is 0 Å². The summed E-state index contributed by atoms with van der Waals surface area (Å²) in [7, 11) is 2.01. The van der Waals surface area contributed by atoms with Crippen LogP contribution in [0.3, 0.4) is 0 Å². The number of aryl methyl sites for hydroxylation is 3. The standard InChI is InChI=1S/C9H16N2.C7H12N2/c1-6(2)9-7(3)8(4)10-11(9)5;1-5(2)7-4-6(3)8-9-7/h6H,1-5H3;4-5H,1-3H3,(H,8,9). The molecule has 0 unspecified atom stereocenters. The Morgan fingerprint density at radius 2 is 1.65 bits per heavy atom. The third-order valence-corrected chi connectivity index (χ3v) is 3.44. The topological polar surface area (TPSA) is 46.5 Å². The molecule has 0 amide bonds. The maximum absolute atomic E-state index is 4.35. The molecule has 4 heteroatoms. The summed E-state index contributed by atoms with van der Waals surface area (Å²) in [5, 5.41) is 11.3. The van der Waals surface area contributed by atoms with Crippen molar-refractivity contribution in [2.45, 2.75) is 60.3 Å². The third-order valence-electron chi connectivity index (χ3n) is 3.44. The fraction of sp³-hybridized carbons (Fsp3) is 0.625. The SMILES string of the molecule is Cc1cc(C(C)C)n[nH]1.Cc1nn(C)c(C(C)C)c1C. The molecule has 2 aromatic heterocycles. The highest BCUT2D eigenvalue weighted by Crippen LogP contribution is 2.19. The van der Waals surface area contributed by atoms with Crippen molar-refractivity contribution in [1.29, 1.82) is 0 Å². The first-order chi connectivity index (χ1) is 9.23. The molecule has 4 nitrogen and oxygen atoms in total. The van der Waals surface area contributed by atoms with Crippen molar-refractivity contribution in [2.75, 3.05) is 0 Å². The molecule has 0 bridgehead atoms. The molecule has 0 spiro atoms. The van der Waals surface area contributed by atoms with Gasteiger partial charge in [-0.05, 0) is 44.2 Å². The summed E-state index contributed by atoms with van der Waals surface area (Å²) >= 11 is 0. The van der Waals surface area contributed by atoms with E-state index in [2.05, 4.69) is 62.9 Å². The second-order valence-corrected chi connectivity index (χ2v) is 6.00. The van der Waals surface area contributed by atoms with Gasteiger partial charge in [-0.2, -0.15) is 10.2 Å². The Morgan fingerprint density at radius 3 is 1.85 bits per heavy atom. The highest BCUT2D eigenvalue weighted by atomic mass is 15.3. The maximum atomic E-state index is 4.35. The van der Waals surface area contributed by atoms with E-state index in [1.807, 2.05) is 18.7 Å². The van der Waals surface area contributed by atoms with Crippen molar-refractivity contribution in [3.8, 4) is 0 Å². The van der Waals surface area contributed by atoms with Gasteiger partial charge in [0.15, 0.2) is 0 Å². The van der Waals surface area contributed by atoms with Crippen molar-refractivity contribution >= 4 is 0 Å². The van der Waals surface area contributed by atoms with Crippen LogP contribution in [0.25, 0.3) is 0 Å². The highest BCUT2D eigenvalue weighted by Gasteiger charge is 2.11.